The maximum Gasteiger partial charge on any atom is 0.416 e. The van der Waals surface area contributed by atoms with Gasteiger partial charge in [0.2, 0.25) is 0 Å². The van der Waals surface area contributed by atoms with Crippen LogP contribution in [0.1, 0.15) is 32.6 Å². The summed E-state index contributed by atoms with van der Waals surface area (Å²) in [7, 11) is 0. The van der Waals surface area contributed by atoms with Crippen molar-refractivity contribution in [3.05, 3.63) is 125 Å². The second kappa shape index (κ2) is 9.37. The second-order valence-corrected chi connectivity index (χ2v) is 8.72. The maximum atomic E-state index is 14.0. The highest BCUT2D eigenvalue weighted by Crippen LogP contribution is 2.33. The Morgan fingerprint density at radius 2 is 1.46 bits per heavy atom. The van der Waals surface area contributed by atoms with Gasteiger partial charge in [-0.3, -0.25) is 9.78 Å². The Hall–Kier alpha value is -3.93. The van der Waals surface area contributed by atoms with Gasteiger partial charge in [-0.2, -0.15) is 13.2 Å². The third-order valence-electron chi connectivity index (χ3n) is 6.45. The predicted octanol–water partition coefficient (Wildman–Crippen LogP) is 6.58. The number of alkyl halides is 3. The average molecular weight is 473 g/mol. The zero-order valence-electron chi connectivity index (χ0n) is 18.9. The van der Waals surface area contributed by atoms with Crippen molar-refractivity contribution < 1.29 is 18.0 Å². The number of hydrogen-bond donors (Lipinski definition) is 0. The van der Waals surface area contributed by atoms with E-state index < -0.39 is 11.7 Å². The minimum atomic E-state index is -4.43. The molecule has 35 heavy (non-hydrogen) atoms. The van der Waals surface area contributed by atoms with E-state index in [9.17, 15) is 18.0 Å². The van der Waals surface area contributed by atoms with Crippen LogP contribution in [0.2, 0.25) is 0 Å². The molecule has 6 heteroatoms. The van der Waals surface area contributed by atoms with Gasteiger partial charge in [-0.15, -0.1) is 0 Å². The summed E-state index contributed by atoms with van der Waals surface area (Å²) in [4.78, 5) is 20.3. The molecule has 1 aliphatic carbocycles. The van der Waals surface area contributed by atoms with Crippen molar-refractivity contribution in [1.29, 1.82) is 0 Å². The largest absolute Gasteiger partial charge is 0.416 e. The number of nitrogens with zero attached hydrogens (tertiary/aromatic N) is 2. The molecule has 4 aromatic rings. The van der Waals surface area contributed by atoms with Crippen LogP contribution < -0.4 is 0 Å². The Kier molecular flexibility index (Phi) is 6.12. The van der Waals surface area contributed by atoms with E-state index in [1.807, 2.05) is 47.4 Å². The first-order valence-corrected chi connectivity index (χ1v) is 11.4. The van der Waals surface area contributed by atoms with Gasteiger partial charge in [0.25, 0.3) is 5.91 Å². The summed E-state index contributed by atoms with van der Waals surface area (Å²) in [5.41, 5.74) is 3.96. The van der Waals surface area contributed by atoms with E-state index in [1.54, 1.807) is 18.3 Å². The topological polar surface area (TPSA) is 33.2 Å². The van der Waals surface area contributed by atoms with Crippen molar-refractivity contribution in [1.82, 2.24) is 9.88 Å². The molecule has 176 valence electrons. The first-order chi connectivity index (χ1) is 16.9. The van der Waals surface area contributed by atoms with Gasteiger partial charge in [0.15, 0.2) is 0 Å². The summed E-state index contributed by atoms with van der Waals surface area (Å²) in [5.74, 6) is -0.186. The maximum absolute atomic E-state index is 14.0. The molecule has 0 N–H and O–H groups in total. The smallest absolute Gasteiger partial charge is 0.331 e. The van der Waals surface area contributed by atoms with Gasteiger partial charge >= 0.3 is 6.18 Å². The molecule has 1 aliphatic rings. The molecule has 3 aromatic carbocycles. The van der Waals surface area contributed by atoms with Gasteiger partial charge in [-0.1, -0.05) is 66.7 Å². The molecule has 0 radical (unpaired) electrons. The highest BCUT2D eigenvalue weighted by molar-refractivity contribution is 6.00. The summed E-state index contributed by atoms with van der Waals surface area (Å²) < 4.78 is 39.2. The number of hydrogen-bond acceptors (Lipinski definition) is 2. The Bertz CT molecular complexity index is 1310. The Labute approximate surface area is 201 Å². The summed E-state index contributed by atoms with van der Waals surface area (Å²) >= 11 is 0. The number of benzene rings is 3. The number of halogens is 3. The van der Waals surface area contributed by atoms with Crippen molar-refractivity contribution in [2.45, 2.75) is 31.6 Å². The van der Waals surface area contributed by atoms with Gasteiger partial charge in [-0.25, -0.2) is 0 Å². The number of carbonyl (C=O) groups excluding carboxylic acids is 1. The number of fused-ring (bicyclic) bond motifs is 1. The molecule has 1 amide bonds. The molecule has 0 fully saturated rings. The lowest BCUT2D eigenvalue weighted by Gasteiger charge is -2.30. The zero-order chi connectivity index (χ0) is 24.4. The molecule has 0 saturated carbocycles. The van der Waals surface area contributed by atoms with Crippen molar-refractivity contribution in [3.8, 4) is 11.3 Å². The van der Waals surface area contributed by atoms with Crippen LogP contribution in [-0.2, 0) is 25.6 Å². The highest BCUT2D eigenvalue weighted by atomic mass is 19.4. The monoisotopic (exact) mass is 472 g/mol. The average Bonchev–Trinajstić information content (AvgIpc) is 3.31. The predicted molar refractivity (Wildman–Crippen MR) is 129 cm³/mol. The Morgan fingerprint density at radius 3 is 2.09 bits per heavy atom. The fourth-order valence-corrected chi connectivity index (χ4v) is 4.68. The summed E-state index contributed by atoms with van der Waals surface area (Å²) in [5, 5.41) is 0. The van der Waals surface area contributed by atoms with Crippen molar-refractivity contribution >= 4 is 5.91 Å². The van der Waals surface area contributed by atoms with Crippen LogP contribution in [0.3, 0.4) is 0 Å². The number of carbonyl (C=O) groups is 1. The third kappa shape index (κ3) is 4.83. The van der Waals surface area contributed by atoms with E-state index >= 15 is 0 Å². The van der Waals surface area contributed by atoms with E-state index in [2.05, 4.69) is 17.1 Å². The van der Waals surface area contributed by atoms with Crippen LogP contribution in [0.4, 0.5) is 13.2 Å². The molecule has 0 aliphatic heterocycles. The summed E-state index contributed by atoms with van der Waals surface area (Å²) in [6.07, 6.45) is -1.36. The van der Waals surface area contributed by atoms with Crippen molar-refractivity contribution in [2.75, 3.05) is 0 Å². The van der Waals surface area contributed by atoms with E-state index in [-0.39, 0.29) is 11.9 Å². The van der Waals surface area contributed by atoms with Gasteiger partial charge in [0, 0.05) is 24.3 Å². The van der Waals surface area contributed by atoms with E-state index in [0.29, 0.717) is 23.4 Å². The minimum Gasteiger partial charge on any atom is -0.331 e. The number of pyridine rings is 1. The highest BCUT2D eigenvalue weighted by Gasteiger charge is 2.33. The van der Waals surface area contributed by atoms with Crippen LogP contribution in [0.25, 0.3) is 11.3 Å². The van der Waals surface area contributed by atoms with Crippen LogP contribution in [0.15, 0.2) is 97.2 Å². The zero-order valence-corrected chi connectivity index (χ0v) is 18.9. The number of amides is 1. The lowest BCUT2D eigenvalue weighted by molar-refractivity contribution is -0.137. The molecular formula is C29H23F3N2O. The molecule has 1 aromatic heterocycles. The molecule has 1 heterocycles. The first kappa shape index (κ1) is 22.8. The van der Waals surface area contributed by atoms with E-state index in [4.69, 9.17) is 0 Å². The third-order valence-corrected chi connectivity index (χ3v) is 6.45. The fraction of sp³-hybridized carbons (Fsp3) is 0.172. The minimum absolute atomic E-state index is 0.0271. The lowest BCUT2D eigenvalue weighted by atomic mass is 10.0. The van der Waals surface area contributed by atoms with E-state index in [1.165, 1.54) is 23.3 Å². The Balaban J connectivity index is 1.50. The van der Waals surface area contributed by atoms with Crippen LogP contribution in [-0.4, -0.2) is 21.8 Å². The second-order valence-electron chi connectivity index (χ2n) is 8.72. The molecule has 0 bridgehead atoms. The first-order valence-electron chi connectivity index (χ1n) is 11.4. The quantitative estimate of drug-likeness (QED) is 0.329. The number of rotatable bonds is 5. The molecule has 3 nitrogen and oxygen atoms in total. The molecule has 0 atom stereocenters. The number of aromatic nitrogens is 1. The molecular weight excluding hydrogens is 449 g/mol. The molecule has 0 saturated heterocycles. The lowest BCUT2D eigenvalue weighted by Crippen LogP contribution is -2.40. The van der Waals surface area contributed by atoms with Crippen molar-refractivity contribution in [3.63, 3.8) is 0 Å². The van der Waals surface area contributed by atoms with Gasteiger partial charge < -0.3 is 4.90 Å². The molecule has 0 unspecified atom stereocenters. The van der Waals surface area contributed by atoms with Crippen LogP contribution in [0.5, 0.6) is 0 Å². The summed E-state index contributed by atoms with van der Waals surface area (Å²) in [6.45, 7) is 0.430. The Morgan fingerprint density at radius 1 is 0.829 bits per heavy atom. The van der Waals surface area contributed by atoms with Crippen LogP contribution >= 0.6 is 0 Å². The van der Waals surface area contributed by atoms with E-state index in [0.717, 1.165) is 30.5 Å². The standard InChI is InChI=1S/C29H23F3N2O/c30-29(31,32)24-14-12-21(13-15-24)27-26(11-6-16-33-27)28(35)34(19-20-7-2-1-3-8-20)25-17-22-9-4-5-10-23(22)18-25/h1-16,25H,17-19H2. The molecule has 0 spiro atoms. The van der Waals surface area contributed by atoms with Gasteiger partial charge in [0.1, 0.15) is 0 Å². The fourth-order valence-electron chi connectivity index (χ4n) is 4.68. The molecule has 5 rings (SSSR count). The van der Waals surface area contributed by atoms with Crippen LogP contribution in [0, 0.1) is 0 Å². The van der Waals surface area contributed by atoms with Gasteiger partial charge in [-0.05, 0) is 53.8 Å². The SMILES string of the molecule is O=C(c1cccnc1-c1ccc(C(F)(F)F)cc1)N(Cc1ccccc1)C1Cc2ccccc2C1. The van der Waals surface area contributed by atoms with Gasteiger partial charge in [0.05, 0.1) is 16.8 Å². The van der Waals surface area contributed by atoms with Crippen molar-refractivity contribution in [2.24, 2.45) is 0 Å². The summed E-state index contributed by atoms with van der Waals surface area (Å²) in [6, 6.07) is 26.1. The normalized spacial score (nSPS) is 13.5.